The van der Waals surface area contributed by atoms with Crippen molar-refractivity contribution in [3.05, 3.63) is 59.2 Å². The van der Waals surface area contributed by atoms with E-state index in [9.17, 15) is 4.79 Å². The van der Waals surface area contributed by atoms with Gasteiger partial charge in [-0.25, -0.2) is 0 Å². The topological polar surface area (TPSA) is 29.5 Å². The summed E-state index contributed by atoms with van der Waals surface area (Å²) in [5, 5.41) is 0. The SMILES string of the molecule is COc1ccc(C(C)=O)cc1CN1c2ccccc2CC[C@@H]1C. The van der Waals surface area contributed by atoms with Crippen molar-refractivity contribution >= 4 is 11.5 Å². The van der Waals surface area contributed by atoms with Crippen molar-refractivity contribution in [3.63, 3.8) is 0 Å². The van der Waals surface area contributed by atoms with Crippen LogP contribution in [-0.2, 0) is 13.0 Å². The zero-order valence-electron chi connectivity index (χ0n) is 14.0. The lowest BCUT2D eigenvalue weighted by atomic mass is 9.95. The summed E-state index contributed by atoms with van der Waals surface area (Å²) in [5.74, 6) is 0.922. The number of nitrogens with zero attached hydrogens (tertiary/aromatic N) is 1. The molecule has 0 spiro atoms. The maximum absolute atomic E-state index is 11.7. The summed E-state index contributed by atoms with van der Waals surface area (Å²) in [6.07, 6.45) is 2.27. The first kappa shape index (κ1) is 15.6. The van der Waals surface area contributed by atoms with Gasteiger partial charge in [0.2, 0.25) is 0 Å². The fourth-order valence-corrected chi connectivity index (χ4v) is 3.31. The second-order valence-electron chi connectivity index (χ2n) is 6.23. The van der Waals surface area contributed by atoms with Crippen molar-refractivity contribution in [2.75, 3.05) is 12.0 Å². The minimum Gasteiger partial charge on any atom is -0.496 e. The average molecular weight is 309 g/mol. The molecule has 0 radical (unpaired) electrons. The van der Waals surface area contributed by atoms with Crippen LogP contribution in [0, 0.1) is 0 Å². The predicted molar refractivity (Wildman–Crippen MR) is 93.4 cm³/mol. The number of ketones is 1. The van der Waals surface area contributed by atoms with Crippen LogP contribution in [0.1, 0.15) is 41.8 Å². The number of carbonyl (C=O) groups excluding carboxylic acids is 1. The Morgan fingerprint density at radius 3 is 2.78 bits per heavy atom. The van der Waals surface area contributed by atoms with E-state index >= 15 is 0 Å². The van der Waals surface area contributed by atoms with Gasteiger partial charge in [0.05, 0.1) is 7.11 Å². The smallest absolute Gasteiger partial charge is 0.159 e. The molecule has 1 atom stereocenters. The number of Topliss-reactive ketones (excluding diaryl/α,β-unsaturated/α-hetero) is 1. The van der Waals surface area contributed by atoms with E-state index in [2.05, 4.69) is 36.1 Å². The molecular formula is C20H23NO2. The molecule has 2 aromatic rings. The zero-order chi connectivity index (χ0) is 16.4. The van der Waals surface area contributed by atoms with Gasteiger partial charge in [-0.3, -0.25) is 4.79 Å². The van der Waals surface area contributed by atoms with E-state index in [-0.39, 0.29) is 5.78 Å². The average Bonchev–Trinajstić information content (AvgIpc) is 2.57. The maximum Gasteiger partial charge on any atom is 0.159 e. The number of rotatable bonds is 4. The van der Waals surface area contributed by atoms with E-state index in [1.807, 2.05) is 18.2 Å². The Labute approximate surface area is 137 Å². The largest absolute Gasteiger partial charge is 0.496 e. The molecule has 1 aliphatic heterocycles. The summed E-state index contributed by atoms with van der Waals surface area (Å²) in [5.41, 5.74) is 4.48. The van der Waals surface area contributed by atoms with Crippen LogP contribution < -0.4 is 9.64 Å². The van der Waals surface area contributed by atoms with Crippen LogP contribution in [0.3, 0.4) is 0 Å². The first-order chi connectivity index (χ1) is 11.1. The molecule has 0 bridgehead atoms. The minimum absolute atomic E-state index is 0.0843. The summed E-state index contributed by atoms with van der Waals surface area (Å²) in [7, 11) is 1.68. The number of anilines is 1. The van der Waals surface area contributed by atoms with Crippen molar-refractivity contribution in [2.45, 2.75) is 39.3 Å². The molecule has 0 unspecified atom stereocenters. The van der Waals surface area contributed by atoms with E-state index in [1.165, 1.54) is 11.3 Å². The van der Waals surface area contributed by atoms with Crippen molar-refractivity contribution in [3.8, 4) is 5.75 Å². The van der Waals surface area contributed by atoms with Gasteiger partial charge < -0.3 is 9.64 Å². The van der Waals surface area contributed by atoms with Crippen molar-refractivity contribution in [1.29, 1.82) is 0 Å². The second kappa shape index (κ2) is 6.45. The highest BCUT2D eigenvalue weighted by Crippen LogP contribution is 2.33. The van der Waals surface area contributed by atoms with Crippen LogP contribution in [0.2, 0.25) is 0 Å². The van der Waals surface area contributed by atoms with Crippen LogP contribution in [0.5, 0.6) is 5.75 Å². The van der Waals surface area contributed by atoms with Gasteiger partial charge in [-0.2, -0.15) is 0 Å². The predicted octanol–water partition coefficient (Wildman–Crippen LogP) is 4.24. The number of hydrogen-bond acceptors (Lipinski definition) is 3. The van der Waals surface area contributed by atoms with Gasteiger partial charge in [0.25, 0.3) is 0 Å². The Hall–Kier alpha value is -2.29. The van der Waals surface area contributed by atoms with Crippen LogP contribution in [-0.4, -0.2) is 18.9 Å². The highest BCUT2D eigenvalue weighted by molar-refractivity contribution is 5.94. The maximum atomic E-state index is 11.7. The fourth-order valence-electron chi connectivity index (χ4n) is 3.31. The molecular weight excluding hydrogens is 286 g/mol. The molecule has 0 aliphatic carbocycles. The lowest BCUT2D eigenvalue weighted by Crippen LogP contribution is -2.36. The molecule has 0 fully saturated rings. The first-order valence-electron chi connectivity index (χ1n) is 8.12. The number of methoxy groups -OCH3 is 1. The normalized spacial score (nSPS) is 16.8. The highest BCUT2D eigenvalue weighted by Gasteiger charge is 2.23. The zero-order valence-corrected chi connectivity index (χ0v) is 14.0. The second-order valence-corrected chi connectivity index (χ2v) is 6.23. The van der Waals surface area contributed by atoms with Crippen LogP contribution in [0.15, 0.2) is 42.5 Å². The van der Waals surface area contributed by atoms with Crippen molar-refractivity contribution < 1.29 is 9.53 Å². The molecule has 1 aliphatic rings. The summed E-state index contributed by atoms with van der Waals surface area (Å²) in [6.45, 7) is 4.62. The number of benzene rings is 2. The Morgan fingerprint density at radius 2 is 2.04 bits per heavy atom. The number of carbonyl (C=O) groups is 1. The summed E-state index contributed by atoms with van der Waals surface area (Å²) in [4.78, 5) is 14.1. The molecule has 0 saturated heterocycles. The van der Waals surface area contributed by atoms with Crippen LogP contribution in [0.4, 0.5) is 5.69 Å². The quantitative estimate of drug-likeness (QED) is 0.791. The van der Waals surface area contributed by atoms with Gasteiger partial charge in [-0.1, -0.05) is 18.2 Å². The van der Waals surface area contributed by atoms with Crippen LogP contribution >= 0.6 is 0 Å². The van der Waals surface area contributed by atoms with Crippen molar-refractivity contribution in [2.24, 2.45) is 0 Å². The standard InChI is InChI=1S/C20H23NO2/c1-14-8-9-16-6-4-5-7-19(16)21(14)13-18-12-17(15(2)22)10-11-20(18)23-3/h4-7,10-12,14H,8-9,13H2,1-3H3/t14-/m0/s1. The molecule has 0 aromatic heterocycles. The molecule has 23 heavy (non-hydrogen) atoms. The monoisotopic (exact) mass is 309 g/mol. The summed E-state index contributed by atoms with van der Waals surface area (Å²) < 4.78 is 5.51. The molecule has 3 nitrogen and oxygen atoms in total. The fraction of sp³-hybridized carbons (Fsp3) is 0.350. The number of ether oxygens (including phenoxy) is 1. The molecule has 3 rings (SSSR count). The van der Waals surface area contributed by atoms with Gasteiger partial charge in [0.1, 0.15) is 5.75 Å². The third-order valence-corrected chi connectivity index (χ3v) is 4.69. The van der Waals surface area contributed by atoms with Gasteiger partial charge >= 0.3 is 0 Å². The number of aryl methyl sites for hydroxylation is 1. The minimum atomic E-state index is 0.0843. The molecule has 3 heteroatoms. The summed E-state index contributed by atoms with van der Waals surface area (Å²) >= 11 is 0. The van der Waals surface area contributed by atoms with E-state index in [1.54, 1.807) is 14.0 Å². The third kappa shape index (κ3) is 3.09. The Balaban J connectivity index is 1.98. The van der Waals surface area contributed by atoms with Gasteiger partial charge in [-0.15, -0.1) is 0 Å². The van der Waals surface area contributed by atoms with Crippen molar-refractivity contribution in [1.82, 2.24) is 0 Å². The summed E-state index contributed by atoms with van der Waals surface area (Å²) in [6, 6.07) is 14.7. The molecule has 0 saturated carbocycles. The first-order valence-corrected chi connectivity index (χ1v) is 8.12. The number of fused-ring (bicyclic) bond motifs is 1. The molecule has 1 heterocycles. The van der Waals surface area contributed by atoms with Crippen LogP contribution in [0.25, 0.3) is 0 Å². The van der Waals surface area contributed by atoms with Gasteiger partial charge in [0, 0.05) is 29.4 Å². The van der Waals surface area contributed by atoms with Gasteiger partial charge in [-0.05, 0) is 56.5 Å². The van der Waals surface area contributed by atoms with E-state index in [0.717, 1.165) is 36.3 Å². The lowest BCUT2D eigenvalue weighted by Gasteiger charge is -2.37. The molecule has 2 aromatic carbocycles. The van der Waals surface area contributed by atoms with E-state index < -0.39 is 0 Å². The molecule has 0 N–H and O–H groups in total. The van der Waals surface area contributed by atoms with E-state index in [0.29, 0.717) is 6.04 Å². The molecule has 0 amide bonds. The third-order valence-electron chi connectivity index (χ3n) is 4.69. The Bertz CT molecular complexity index is 723. The highest BCUT2D eigenvalue weighted by atomic mass is 16.5. The number of para-hydroxylation sites is 1. The van der Waals surface area contributed by atoms with E-state index in [4.69, 9.17) is 4.74 Å². The Kier molecular flexibility index (Phi) is 4.37. The Morgan fingerprint density at radius 1 is 1.26 bits per heavy atom. The lowest BCUT2D eigenvalue weighted by molar-refractivity contribution is 0.101. The number of hydrogen-bond donors (Lipinski definition) is 0. The van der Waals surface area contributed by atoms with Gasteiger partial charge in [0.15, 0.2) is 5.78 Å². The molecule has 120 valence electrons.